The fourth-order valence-corrected chi connectivity index (χ4v) is 2.29. The summed E-state index contributed by atoms with van der Waals surface area (Å²) in [5.74, 6) is -0.163. The van der Waals surface area contributed by atoms with Crippen LogP contribution in [0.15, 0.2) is 18.3 Å². The van der Waals surface area contributed by atoms with Gasteiger partial charge >= 0.3 is 5.82 Å². The van der Waals surface area contributed by atoms with Gasteiger partial charge in [0.15, 0.2) is 0 Å². The third-order valence-corrected chi connectivity index (χ3v) is 3.57. The number of hydrogen-bond acceptors (Lipinski definition) is 4. The molecule has 6 nitrogen and oxygen atoms in total. The van der Waals surface area contributed by atoms with E-state index in [1.54, 1.807) is 12.1 Å². The molecule has 1 fully saturated rings. The van der Waals surface area contributed by atoms with Crippen molar-refractivity contribution in [2.45, 2.75) is 6.42 Å². The van der Waals surface area contributed by atoms with Crippen LogP contribution in [-0.2, 0) is 4.79 Å². The SMILES string of the molecule is O=C1CC(CBr)CN1c1cccnc1[N+](=O)[O-]. The first-order valence-electron chi connectivity index (χ1n) is 5.09. The molecule has 0 spiro atoms. The van der Waals surface area contributed by atoms with E-state index in [2.05, 4.69) is 20.9 Å². The summed E-state index contributed by atoms with van der Waals surface area (Å²) in [5.41, 5.74) is 0.283. The Morgan fingerprint density at radius 1 is 1.65 bits per heavy atom. The molecule has 0 N–H and O–H groups in total. The average molecular weight is 300 g/mol. The topological polar surface area (TPSA) is 76.3 Å². The summed E-state index contributed by atoms with van der Waals surface area (Å²) in [6.45, 7) is 0.497. The van der Waals surface area contributed by atoms with Gasteiger partial charge in [-0.25, -0.2) is 0 Å². The number of nitrogens with zero attached hydrogens (tertiary/aromatic N) is 3. The summed E-state index contributed by atoms with van der Waals surface area (Å²) < 4.78 is 0. The number of halogens is 1. The van der Waals surface area contributed by atoms with Crippen LogP contribution >= 0.6 is 15.9 Å². The summed E-state index contributed by atoms with van der Waals surface area (Å²) in [6.07, 6.45) is 1.77. The summed E-state index contributed by atoms with van der Waals surface area (Å²) in [7, 11) is 0. The van der Waals surface area contributed by atoms with Crippen molar-refractivity contribution >= 4 is 33.3 Å². The second-order valence-electron chi connectivity index (χ2n) is 3.83. The van der Waals surface area contributed by atoms with Crippen LogP contribution < -0.4 is 4.90 Å². The smallest absolute Gasteiger partial charge is 0.358 e. The number of hydrogen-bond donors (Lipinski definition) is 0. The van der Waals surface area contributed by atoms with Crippen molar-refractivity contribution in [3.63, 3.8) is 0 Å². The predicted molar refractivity (Wildman–Crippen MR) is 65.1 cm³/mol. The molecule has 0 radical (unpaired) electrons. The molecule has 1 aromatic heterocycles. The van der Waals surface area contributed by atoms with Crippen LogP contribution in [0.3, 0.4) is 0 Å². The van der Waals surface area contributed by atoms with Crippen molar-refractivity contribution in [3.8, 4) is 0 Å². The number of aromatic nitrogens is 1. The first-order chi connectivity index (χ1) is 8.13. The van der Waals surface area contributed by atoms with E-state index in [9.17, 15) is 14.9 Å². The molecule has 2 rings (SSSR count). The average Bonchev–Trinajstić information content (AvgIpc) is 2.70. The molecule has 1 saturated heterocycles. The lowest BCUT2D eigenvalue weighted by atomic mass is 10.2. The third-order valence-electron chi connectivity index (χ3n) is 2.65. The second-order valence-corrected chi connectivity index (χ2v) is 4.48. The van der Waals surface area contributed by atoms with E-state index in [1.807, 2.05) is 0 Å². The maximum atomic E-state index is 11.8. The monoisotopic (exact) mass is 299 g/mol. The fourth-order valence-electron chi connectivity index (χ4n) is 1.86. The van der Waals surface area contributed by atoms with Crippen LogP contribution in [0.5, 0.6) is 0 Å². The number of nitro groups is 1. The lowest BCUT2D eigenvalue weighted by molar-refractivity contribution is -0.388. The number of amides is 1. The van der Waals surface area contributed by atoms with E-state index >= 15 is 0 Å². The van der Waals surface area contributed by atoms with Gasteiger partial charge in [0.05, 0.1) is 0 Å². The lowest BCUT2D eigenvalue weighted by Gasteiger charge is -2.15. The number of rotatable bonds is 3. The Bertz CT molecular complexity index is 466. The van der Waals surface area contributed by atoms with Crippen LogP contribution in [0, 0.1) is 16.0 Å². The third kappa shape index (κ3) is 2.28. The first kappa shape index (κ1) is 12.0. The van der Waals surface area contributed by atoms with Crippen molar-refractivity contribution in [3.05, 3.63) is 28.4 Å². The van der Waals surface area contributed by atoms with Gasteiger partial charge in [0.2, 0.25) is 5.91 Å². The van der Waals surface area contributed by atoms with Gasteiger partial charge in [-0.1, -0.05) is 15.9 Å². The van der Waals surface area contributed by atoms with Crippen LogP contribution in [0.25, 0.3) is 0 Å². The van der Waals surface area contributed by atoms with Gasteiger partial charge in [0, 0.05) is 18.3 Å². The molecule has 7 heteroatoms. The highest BCUT2D eigenvalue weighted by atomic mass is 79.9. The lowest BCUT2D eigenvalue weighted by Crippen LogP contribution is -2.25. The molecule has 0 saturated carbocycles. The van der Waals surface area contributed by atoms with Gasteiger partial charge in [0.25, 0.3) is 0 Å². The Hall–Kier alpha value is -1.50. The summed E-state index contributed by atoms with van der Waals surface area (Å²) in [4.78, 5) is 27.2. The zero-order valence-electron chi connectivity index (χ0n) is 8.88. The molecular weight excluding hydrogens is 290 g/mol. The molecule has 90 valence electrons. The molecule has 1 aliphatic heterocycles. The van der Waals surface area contributed by atoms with Gasteiger partial charge in [0.1, 0.15) is 11.9 Å². The van der Waals surface area contributed by atoms with Gasteiger partial charge in [-0.2, -0.15) is 0 Å². The number of pyridine rings is 1. The van der Waals surface area contributed by atoms with Crippen molar-refractivity contribution < 1.29 is 9.72 Å². The van der Waals surface area contributed by atoms with E-state index in [0.29, 0.717) is 18.3 Å². The predicted octanol–water partition coefficient (Wildman–Crippen LogP) is 1.74. The summed E-state index contributed by atoms with van der Waals surface area (Å²) >= 11 is 3.32. The fraction of sp³-hybridized carbons (Fsp3) is 0.400. The molecule has 1 aliphatic rings. The maximum absolute atomic E-state index is 11.8. The van der Waals surface area contributed by atoms with Crippen LogP contribution in [0.4, 0.5) is 11.5 Å². The highest BCUT2D eigenvalue weighted by Crippen LogP contribution is 2.31. The van der Waals surface area contributed by atoms with E-state index in [0.717, 1.165) is 0 Å². The zero-order valence-corrected chi connectivity index (χ0v) is 10.5. The van der Waals surface area contributed by atoms with Crippen molar-refractivity contribution in [2.75, 3.05) is 16.8 Å². The second kappa shape index (κ2) is 4.79. The van der Waals surface area contributed by atoms with Crippen molar-refractivity contribution in [2.24, 2.45) is 5.92 Å². The van der Waals surface area contributed by atoms with Gasteiger partial charge in [-0.05, 0) is 28.0 Å². The minimum Gasteiger partial charge on any atom is -0.358 e. The molecule has 1 amide bonds. The Labute approximate surface area is 106 Å². The van der Waals surface area contributed by atoms with E-state index in [4.69, 9.17) is 0 Å². The molecule has 0 bridgehead atoms. The normalized spacial score (nSPS) is 19.7. The van der Waals surface area contributed by atoms with E-state index < -0.39 is 4.92 Å². The van der Waals surface area contributed by atoms with Crippen LogP contribution in [-0.4, -0.2) is 27.7 Å². The van der Waals surface area contributed by atoms with E-state index in [1.165, 1.54) is 11.1 Å². The number of carbonyl (C=O) groups is 1. The number of carbonyl (C=O) groups excluding carboxylic acids is 1. The number of alkyl halides is 1. The molecule has 2 heterocycles. The minimum atomic E-state index is -0.565. The highest BCUT2D eigenvalue weighted by Gasteiger charge is 2.33. The summed E-state index contributed by atoms with van der Waals surface area (Å²) in [5, 5.41) is 11.5. The van der Waals surface area contributed by atoms with Gasteiger partial charge < -0.3 is 15.0 Å². The molecule has 1 aromatic rings. The van der Waals surface area contributed by atoms with Gasteiger partial charge in [-0.15, -0.1) is 0 Å². The Balaban J connectivity index is 2.35. The van der Waals surface area contributed by atoms with E-state index in [-0.39, 0.29) is 23.3 Å². The first-order valence-corrected chi connectivity index (χ1v) is 6.21. The quantitative estimate of drug-likeness (QED) is 0.484. The Kier molecular flexibility index (Phi) is 3.37. The standard InChI is InChI=1S/C10H10BrN3O3/c11-5-7-4-9(15)13(6-7)8-2-1-3-12-10(8)14(16)17/h1-3,7H,4-6H2. The maximum Gasteiger partial charge on any atom is 0.387 e. The number of anilines is 1. The summed E-state index contributed by atoms with van der Waals surface area (Å²) in [6, 6.07) is 3.15. The zero-order chi connectivity index (χ0) is 12.4. The van der Waals surface area contributed by atoms with Crippen molar-refractivity contribution in [1.29, 1.82) is 0 Å². The molecule has 0 aromatic carbocycles. The largest absolute Gasteiger partial charge is 0.387 e. The Morgan fingerprint density at radius 2 is 2.41 bits per heavy atom. The highest BCUT2D eigenvalue weighted by molar-refractivity contribution is 9.09. The molecule has 1 unspecified atom stereocenters. The van der Waals surface area contributed by atoms with Gasteiger partial charge in [-0.3, -0.25) is 4.79 Å². The Morgan fingerprint density at radius 3 is 3.00 bits per heavy atom. The minimum absolute atomic E-state index is 0.0921. The molecule has 17 heavy (non-hydrogen) atoms. The van der Waals surface area contributed by atoms with Crippen LogP contribution in [0.2, 0.25) is 0 Å². The molecule has 0 aliphatic carbocycles. The molecule has 1 atom stereocenters. The van der Waals surface area contributed by atoms with Crippen LogP contribution in [0.1, 0.15) is 6.42 Å². The van der Waals surface area contributed by atoms with Crippen molar-refractivity contribution in [1.82, 2.24) is 4.98 Å². The molecular formula is C10H10BrN3O3.